The number of phenols is 1. The van der Waals surface area contributed by atoms with Gasteiger partial charge in [-0.05, 0) is 86.0 Å². The van der Waals surface area contributed by atoms with Crippen LogP contribution in [0.5, 0.6) is 5.75 Å². The maximum absolute atomic E-state index is 11.9. The highest BCUT2D eigenvalue weighted by Crippen LogP contribution is 2.62. The number of carbonyl (C=O) groups is 2. The smallest absolute Gasteiger partial charge is 0.302 e. The van der Waals surface area contributed by atoms with E-state index in [0.29, 0.717) is 29.2 Å². The summed E-state index contributed by atoms with van der Waals surface area (Å²) in [7, 11) is 0. The van der Waals surface area contributed by atoms with Crippen molar-refractivity contribution < 1.29 is 19.4 Å². The topological polar surface area (TPSA) is 63.6 Å². The monoisotopic (exact) mass is 370 g/mol. The zero-order chi connectivity index (χ0) is 19.5. The third-order valence-corrected chi connectivity index (χ3v) is 7.79. The van der Waals surface area contributed by atoms with Crippen LogP contribution in [0, 0.1) is 23.2 Å². The van der Waals surface area contributed by atoms with Gasteiger partial charge in [0.15, 0.2) is 5.78 Å². The molecule has 0 aromatic heterocycles. The van der Waals surface area contributed by atoms with Crippen LogP contribution >= 0.6 is 0 Å². The molecule has 0 bridgehead atoms. The van der Waals surface area contributed by atoms with Crippen LogP contribution in [0.3, 0.4) is 0 Å². The number of ether oxygens (including phenoxy) is 1. The summed E-state index contributed by atoms with van der Waals surface area (Å²) in [6, 6.07) is 3.78. The lowest BCUT2D eigenvalue weighted by Gasteiger charge is -2.52. The van der Waals surface area contributed by atoms with E-state index in [2.05, 4.69) is 13.8 Å². The number of benzene rings is 1. The van der Waals surface area contributed by atoms with Gasteiger partial charge in [0.05, 0.1) is 5.56 Å². The summed E-state index contributed by atoms with van der Waals surface area (Å²) in [5, 5.41) is 10.3. The molecular weight excluding hydrogens is 340 g/mol. The molecule has 0 amide bonds. The summed E-state index contributed by atoms with van der Waals surface area (Å²) in [5.74, 6) is 1.89. The van der Waals surface area contributed by atoms with Gasteiger partial charge in [-0.3, -0.25) is 9.59 Å². The van der Waals surface area contributed by atoms with E-state index >= 15 is 0 Å². The molecule has 1 N–H and O–H groups in total. The summed E-state index contributed by atoms with van der Waals surface area (Å²) < 4.78 is 5.72. The standard InChI is InChI=1S/C23H30O4/c1-12-9-15-10-20(26)17(13(2)24)11-18(15)16-7-8-23(4)19(22(12)16)5-6-21(23)27-14(3)25/h10-12,16,19,21-22,26H,5-9H2,1-4H3/t12?,16-,19+,21+,22-,23+/m1/s1. The molecule has 2 saturated carbocycles. The van der Waals surface area contributed by atoms with Crippen LogP contribution in [0.2, 0.25) is 0 Å². The summed E-state index contributed by atoms with van der Waals surface area (Å²) in [6.45, 7) is 7.66. The van der Waals surface area contributed by atoms with Crippen molar-refractivity contribution in [3.05, 3.63) is 28.8 Å². The van der Waals surface area contributed by atoms with Crippen LogP contribution in [-0.2, 0) is 16.0 Å². The van der Waals surface area contributed by atoms with Gasteiger partial charge in [0.25, 0.3) is 0 Å². The van der Waals surface area contributed by atoms with Gasteiger partial charge in [-0.25, -0.2) is 0 Å². The molecule has 1 unspecified atom stereocenters. The average molecular weight is 370 g/mol. The number of phenolic OH excluding ortho intramolecular Hbond substituents is 1. The van der Waals surface area contributed by atoms with Crippen LogP contribution in [0.4, 0.5) is 0 Å². The van der Waals surface area contributed by atoms with E-state index in [1.54, 1.807) is 0 Å². The number of aromatic hydroxyl groups is 1. The van der Waals surface area contributed by atoms with Gasteiger partial charge in [0.2, 0.25) is 0 Å². The fourth-order valence-electron chi connectivity index (χ4n) is 6.63. The molecule has 1 aromatic carbocycles. The van der Waals surface area contributed by atoms with Crippen LogP contribution in [0.25, 0.3) is 0 Å². The molecule has 0 heterocycles. The lowest BCUT2D eigenvalue weighted by atomic mass is 9.52. The van der Waals surface area contributed by atoms with Crippen molar-refractivity contribution in [2.45, 2.75) is 71.8 Å². The second-order valence-corrected chi connectivity index (χ2v) is 9.32. The van der Waals surface area contributed by atoms with E-state index in [-0.39, 0.29) is 29.0 Å². The number of ketones is 1. The lowest BCUT2D eigenvalue weighted by molar-refractivity contribution is -0.155. The molecule has 0 aliphatic heterocycles. The van der Waals surface area contributed by atoms with Crippen molar-refractivity contribution in [2.75, 3.05) is 0 Å². The summed E-state index contributed by atoms with van der Waals surface area (Å²) in [4.78, 5) is 23.5. The molecule has 146 valence electrons. The molecule has 3 aliphatic carbocycles. The second-order valence-electron chi connectivity index (χ2n) is 9.32. The Balaban J connectivity index is 1.72. The molecular formula is C23H30O4. The number of hydrogen-bond acceptors (Lipinski definition) is 4. The normalized spacial score (nSPS) is 37.1. The molecule has 4 rings (SSSR count). The Kier molecular flexibility index (Phi) is 4.36. The second kappa shape index (κ2) is 6.35. The van der Waals surface area contributed by atoms with Gasteiger partial charge in [0, 0.05) is 12.3 Å². The Labute approximate surface area is 161 Å². The van der Waals surface area contributed by atoms with Gasteiger partial charge in [-0.2, -0.15) is 0 Å². The molecule has 3 aliphatic rings. The molecule has 0 saturated heterocycles. The number of fused-ring (bicyclic) bond motifs is 5. The van der Waals surface area contributed by atoms with Gasteiger partial charge in [-0.15, -0.1) is 0 Å². The first-order valence-electron chi connectivity index (χ1n) is 10.3. The van der Waals surface area contributed by atoms with E-state index in [1.165, 1.54) is 25.0 Å². The predicted octanol–water partition coefficient (Wildman–Crippen LogP) is 4.63. The number of hydrogen-bond donors (Lipinski definition) is 1. The van der Waals surface area contributed by atoms with Crippen molar-refractivity contribution in [1.29, 1.82) is 0 Å². The van der Waals surface area contributed by atoms with Crippen LogP contribution < -0.4 is 0 Å². The fraction of sp³-hybridized carbons (Fsp3) is 0.652. The molecule has 0 radical (unpaired) electrons. The minimum atomic E-state index is -0.174. The van der Waals surface area contributed by atoms with E-state index in [9.17, 15) is 14.7 Å². The number of carbonyl (C=O) groups excluding carboxylic acids is 2. The molecule has 4 nitrogen and oxygen atoms in total. The third kappa shape index (κ3) is 2.79. The molecule has 27 heavy (non-hydrogen) atoms. The largest absolute Gasteiger partial charge is 0.507 e. The van der Waals surface area contributed by atoms with Crippen molar-refractivity contribution >= 4 is 11.8 Å². The first-order chi connectivity index (χ1) is 12.7. The van der Waals surface area contributed by atoms with Crippen molar-refractivity contribution in [3.8, 4) is 5.75 Å². The number of esters is 1. The lowest BCUT2D eigenvalue weighted by Crippen LogP contribution is -2.47. The Hall–Kier alpha value is -1.84. The van der Waals surface area contributed by atoms with E-state index in [4.69, 9.17) is 4.74 Å². The number of Topliss-reactive ketones (excluding diaryl/α,β-unsaturated/α-hetero) is 1. The van der Waals surface area contributed by atoms with Crippen LogP contribution in [-0.4, -0.2) is 23.0 Å². The van der Waals surface area contributed by atoms with E-state index < -0.39 is 0 Å². The Morgan fingerprint density at radius 3 is 2.59 bits per heavy atom. The minimum Gasteiger partial charge on any atom is -0.507 e. The zero-order valence-corrected chi connectivity index (χ0v) is 16.7. The quantitative estimate of drug-likeness (QED) is 0.609. The molecule has 1 aromatic rings. The highest BCUT2D eigenvalue weighted by atomic mass is 16.5. The Morgan fingerprint density at radius 1 is 1.19 bits per heavy atom. The minimum absolute atomic E-state index is 0.0298. The van der Waals surface area contributed by atoms with Gasteiger partial charge in [-0.1, -0.05) is 13.8 Å². The summed E-state index contributed by atoms with van der Waals surface area (Å²) in [5.41, 5.74) is 2.96. The maximum Gasteiger partial charge on any atom is 0.302 e. The van der Waals surface area contributed by atoms with Crippen LogP contribution in [0.15, 0.2) is 12.1 Å². The van der Waals surface area contributed by atoms with E-state index in [1.807, 2.05) is 12.1 Å². The van der Waals surface area contributed by atoms with Crippen LogP contribution in [0.1, 0.15) is 80.8 Å². The molecule has 4 heteroatoms. The molecule has 0 spiro atoms. The highest BCUT2D eigenvalue weighted by Gasteiger charge is 2.57. The van der Waals surface area contributed by atoms with Gasteiger partial charge < -0.3 is 9.84 Å². The van der Waals surface area contributed by atoms with Crippen molar-refractivity contribution in [1.82, 2.24) is 0 Å². The van der Waals surface area contributed by atoms with E-state index in [0.717, 1.165) is 32.1 Å². The number of rotatable bonds is 2. The van der Waals surface area contributed by atoms with Gasteiger partial charge >= 0.3 is 5.97 Å². The molecule has 6 atom stereocenters. The zero-order valence-electron chi connectivity index (χ0n) is 16.7. The maximum atomic E-state index is 11.9. The Morgan fingerprint density at radius 2 is 1.93 bits per heavy atom. The first-order valence-corrected chi connectivity index (χ1v) is 10.3. The first kappa shape index (κ1) is 18.5. The van der Waals surface area contributed by atoms with Gasteiger partial charge in [0.1, 0.15) is 11.9 Å². The summed E-state index contributed by atoms with van der Waals surface area (Å²) >= 11 is 0. The average Bonchev–Trinajstić information content (AvgIpc) is 2.90. The predicted molar refractivity (Wildman–Crippen MR) is 103 cm³/mol. The van der Waals surface area contributed by atoms with Crippen molar-refractivity contribution in [2.24, 2.45) is 23.2 Å². The summed E-state index contributed by atoms with van der Waals surface area (Å²) in [6.07, 6.45) is 5.12. The SMILES string of the molecule is CC(=O)O[C@H]1CC[C@H]2[C@@H]3C(C)Cc4cc(O)c(C(C)=O)cc4[C@H]3CC[C@]12C. The van der Waals surface area contributed by atoms with Crippen molar-refractivity contribution in [3.63, 3.8) is 0 Å². The Bertz CT molecular complexity index is 798. The molecule has 2 fully saturated rings. The highest BCUT2D eigenvalue weighted by molar-refractivity contribution is 5.97. The third-order valence-electron chi connectivity index (χ3n) is 7.79. The fourth-order valence-corrected chi connectivity index (χ4v) is 6.63.